The molecule has 0 saturated carbocycles. The lowest BCUT2D eigenvalue weighted by molar-refractivity contribution is -0.384. The zero-order valence-corrected chi connectivity index (χ0v) is 14.0. The number of nitro groups is 1. The largest absolute Gasteiger partial charge is 0.461 e. The molecule has 2 amide bonds. The Labute approximate surface area is 151 Å². The first kappa shape index (κ1) is 18.1. The summed E-state index contributed by atoms with van der Waals surface area (Å²) < 4.78 is 4.81. The van der Waals surface area contributed by atoms with E-state index >= 15 is 0 Å². The smallest absolute Gasteiger partial charge is 0.354 e. The van der Waals surface area contributed by atoms with Crippen molar-refractivity contribution in [2.24, 2.45) is 10.4 Å². The molecule has 1 aromatic carbocycles. The van der Waals surface area contributed by atoms with Crippen LogP contribution in [0.25, 0.3) is 0 Å². The number of hydrazone groups is 1. The number of carbonyl (C=O) groups excluding carboxylic acids is 3. The third-order valence-electron chi connectivity index (χ3n) is 4.24. The van der Waals surface area contributed by atoms with Gasteiger partial charge in [0.15, 0.2) is 11.3 Å². The minimum absolute atomic E-state index is 0.0218. The maximum Gasteiger partial charge on any atom is 0.354 e. The molecule has 1 saturated heterocycles. The van der Waals surface area contributed by atoms with E-state index in [2.05, 4.69) is 10.4 Å². The van der Waals surface area contributed by atoms with Gasteiger partial charge in [-0.05, 0) is 13.0 Å². The second-order valence-electron chi connectivity index (χ2n) is 5.83. The molecule has 0 aliphatic carbocycles. The molecule has 0 N–H and O–H groups in total. The van der Waals surface area contributed by atoms with Crippen LogP contribution in [0.2, 0.25) is 0 Å². The Morgan fingerprint density at radius 1 is 1.41 bits per heavy atom. The Hall–Kier alpha value is -3.70. The minimum Gasteiger partial charge on any atom is -0.461 e. The van der Waals surface area contributed by atoms with Gasteiger partial charge in [-0.1, -0.05) is 6.07 Å². The van der Waals surface area contributed by atoms with Crippen LogP contribution in [0.1, 0.15) is 19.8 Å². The van der Waals surface area contributed by atoms with Crippen molar-refractivity contribution in [3.05, 3.63) is 39.3 Å². The summed E-state index contributed by atoms with van der Waals surface area (Å²) in [6, 6.07) is 4.95. The predicted octanol–water partition coefficient (Wildman–Crippen LogP) is 0.903. The lowest BCUT2D eigenvalue weighted by Gasteiger charge is -2.24. The SMILES string of the molecule is CCOC(=O)C1=NN(N=O)C2(CC(=O)N(c3cccc([N+](=O)[O-])c3)C2=O)C1. The van der Waals surface area contributed by atoms with Gasteiger partial charge in [0, 0.05) is 18.6 Å². The quantitative estimate of drug-likeness (QED) is 0.242. The number of hydrogen-bond donors (Lipinski definition) is 0. The standard InChI is InChI=1S/C15H13N5O7/c1-2-27-13(22)11-7-15(20(16-11)17-24)8-12(21)18(14(15)23)9-4-3-5-10(6-9)19(25)26/h3-6H,2,7-8H2,1H3. The monoisotopic (exact) mass is 375 g/mol. The Kier molecular flexibility index (Phi) is 4.39. The molecule has 0 bridgehead atoms. The van der Waals surface area contributed by atoms with Gasteiger partial charge >= 0.3 is 5.97 Å². The molecular weight excluding hydrogens is 362 g/mol. The molecule has 2 aliphatic rings. The fraction of sp³-hybridized carbons (Fsp3) is 0.333. The average molecular weight is 375 g/mol. The fourth-order valence-electron chi connectivity index (χ4n) is 3.04. The third kappa shape index (κ3) is 2.80. The zero-order valence-electron chi connectivity index (χ0n) is 14.0. The summed E-state index contributed by atoms with van der Waals surface area (Å²) in [7, 11) is 0. The van der Waals surface area contributed by atoms with Crippen LogP contribution in [0.5, 0.6) is 0 Å². The van der Waals surface area contributed by atoms with E-state index in [1.165, 1.54) is 18.2 Å². The Morgan fingerprint density at radius 3 is 2.78 bits per heavy atom. The molecule has 12 heteroatoms. The second kappa shape index (κ2) is 6.55. The molecule has 1 spiro atoms. The molecule has 0 aromatic heterocycles. The van der Waals surface area contributed by atoms with Crippen LogP contribution in [-0.4, -0.2) is 45.7 Å². The van der Waals surface area contributed by atoms with E-state index in [0.717, 1.165) is 11.0 Å². The topological polar surface area (TPSA) is 152 Å². The van der Waals surface area contributed by atoms with Gasteiger partial charge in [-0.2, -0.15) is 0 Å². The van der Waals surface area contributed by atoms with Crippen LogP contribution >= 0.6 is 0 Å². The number of carbonyl (C=O) groups is 3. The summed E-state index contributed by atoms with van der Waals surface area (Å²) in [6.07, 6.45) is -0.805. The maximum absolute atomic E-state index is 13.0. The van der Waals surface area contributed by atoms with Crippen molar-refractivity contribution in [1.82, 2.24) is 5.12 Å². The van der Waals surface area contributed by atoms with Crippen molar-refractivity contribution in [3.8, 4) is 0 Å². The van der Waals surface area contributed by atoms with E-state index in [1.54, 1.807) is 6.92 Å². The lowest BCUT2D eigenvalue weighted by Crippen LogP contribution is -2.48. The summed E-state index contributed by atoms with van der Waals surface area (Å²) in [5.41, 5.74) is -2.33. The normalized spacial score (nSPS) is 21.6. The number of hydrogen-bond acceptors (Lipinski definition) is 9. The summed E-state index contributed by atoms with van der Waals surface area (Å²) in [5.74, 6) is -2.37. The average Bonchev–Trinajstić information content (AvgIpc) is 3.13. The predicted molar refractivity (Wildman–Crippen MR) is 89.3 cm³/mol. The van der Waals surface area contributed by atoms with Gasteiger partial charge in [-0.3, -0.25) is 19.7 Å². The molecule has 12 nitrogen and oxygen atoms in total. The molecule has 2 heterocycles. The molecule has 2 aliphatic heterocycles. The van der Waals surface area contributed by atoms with Crippen molar-refractivity contribution in [1.29, 1.82) is 0 Å². The molecular formula is C15H13N5O7. The molecule has 140 valence electrons. The Bertz CT molecular complexity index is 898. The third-order valence-corrected chi connectivity index (χ3v) is 4.24. The zero-order chi connectivity index (χ0) is 19.8. The Morgan fingerprint density at radius 2 is 2.15 bits per heavy atom. The number of anilines is 1. The van der Waals surface area contributed by atoms with Crippen molar-refractivity contribution < 1.29 is 24.0 Å². The highest BCUT2D eigenvalue weighted by Gasteiger charge is 2.61. The van der Waals surface area contributed by atoms with E-state index in [9.17, 15) is 29.4 Å². The van der Waals surface area contributed by atoms with Crippen molar-refractivity contribution in [2.75, 3.05) is 11.5 Å². The summed E-state index contributed by atoms with van der Waals surface area (Å²) in [5, 5.41) is 17.8. The van der Waals surface area contributed by atoms with Gasteiger partial charge in [-0.25, -0.2) is 9.69 Å². The number of nitro benzene ring substituents is 1. The van der Waals surface area contributed by atoms with Gasteiger partial charge < -0.3 is 4.74 Å². The van der Waals surface area contributed by atoms with Crippen molar-refractivity contribution in [3.63, 3.8) is 0 Å². The number of nitrogens with zero attached hydrogens (tertiary/aromatic N) is 5. The van der Waals surface area contributed by atoms with Crippen LogP contribution in [0.15, 0.2) is 34.7 Å². The van der Waals surface area contributed by atoms with E-state index in [1.807, 2.05) is 0 Å². The highest BCUT2D eigenvalue weighted by molar-refractivity contribution is 6.39. The molecule has 3 rings (SSSR count). The number of benzene rings is 1. The van der Waals surface area contributed by atoms with Crippen LogP contribution in [0.3, 0.4) is 0 Å². The molecule has 1 fully saturated rings. The van der Waals surface area contributed by atoms with Crippen LogP contribution in [0, 0.1) is 15.0 Å². The lowest BCUT2D eigenvalue weighted by atomic mass is 9.92. The first-order valence-electron chi connectivity index (χ1n) is 7.84. The van der Waals surface area contributed by atoms with E-state index < -0.39 is 34.7 Å². The number of amides is 2. The molecule has 27 heavy (non-hydrogen) atoms. The number of rotatable bonds is 5. The van der Waals surface area contributed by atoms with Gasteiger partial charge in [-0.15, -0.1) is 15.1 Å². The van der Waals surface area contributed by atoms with Crippen LogP contribution in [0.4, 0.5) is 11.4 Å². The second-order valence-corrected chi connectivity index (χ2v) is 5.83. The van der Waals surface area contributed by atoms with Crippen LogP contribution in [-0.2, 0) is 19.1 Å². The fourth-order valence-corrected chi connectivity index (χ4v) is 3.04. The number of imide groups is 1. The number of non-ortho nitro benzene ring substituents is 1. The van der Waals surface area contributed by atoms with E-state index in [0.29, 0.717) is 5.12 Å². The summed E-state index contributed by atoms with van der Waals surface area (Å²) in [4.78, 5) is 59.6. The van der Waals surface area contributed by atoms with Crippen molar-refractivity contribution >= 4 is 34.9 Å². The van der Waals surface area contributed by atoms with Gasteiger partial charge in [0.1, 0.15) is 0 Å². The van der Waals surface area contributed by atoms with Crippen LogP contribution < -0.4 is 4.90 Å². The maximum atomic E-state index is 13.0. The first-order chi connectivity index (χ1) is 12.8. The summed E-state index contributed by atoms with van der Waals surface area (Å²) >= 11 is 0. The molecule has 1 aromatic rings. The van der Waals surface area contributed by atoms with Gasteiger partial charge in [0.25, 0.3) is 11.6 Å². The summed E-state index contributed by atoms with van der Waals surface area (Å²) in [6.45, 7) is 1.64. The molecule has 0 radical (unpaired) electrons. The first-order valence-corrected chi connectivity index (χ1v) is 7.84. The number of esters is 1. The molecule has 1 atom stereocenters. The minimum atomic E-state index is -1.79. The Balaban J connectivity index is 1.96. The van der Waals surface area contributed by atoms with Gasteiger partial charge in [0.05, 0.1) is 28.9 Å². The highest BCUT2D eigenvalue weighted by atomic mass is 16.6. The molecule has 1 unspecified atom stereocenters. The van der Waals surface area contributed by atoms with Gasteiger partial charge in [0.2, 0.25) is 5.91 Å². The number of nitroso groups, excluding NO2 is 1. The van der Waals surface area contributed by atoms with E-state index in [4.69, 9.17) is 4.74 Å². The highest BCUT2D eigenvalue weighted by Crippen LogP contribution is 2.41. The number of ether oxygens (including phenoxy) is 1. The van der Waals surface area contributed by atoms with E-state index in [-0.39, 0.29) is 30.1 Å². The van der Waals surface area contributed by atoms with Crippen molar-refractivity contribution in [2.45, 2.75) is 25.3 Å².